The van der Waals surface area contributed by atoms with Crippen molar-refractivity contribution in [2.45, 2.75) is 0 Å². The second-order valence-corrected chi connectivity index (χ2v) is 4.37. The summed E-state index contributed by atoms with van der Waals surface area (Å²) < 4.78 is 12.9. The van der Waals surface area contributed by atoms with Gasteiger partial charge in [0, 0.05) is 16.5 Å². The summed E-state index contributed by atoms with van der Waals surface area (Å²) in [6, 6.07) is 13.6. The molecule has 3 nitrogen and oxygen atoms in total. The van der Waals surface area contributed by atoms with Gasteiger partial charge in [-0.2, -0.15) is 0 Å². The predicted molar refractivity (Wildman–Crippen MR) is 74.2 cm³/mol. The summed E-state index contributed by atoms with van der Waals surface area (Å²) in [5.41, 5.74) is 0.739. The summed E-state index contributed by atoms with van der Waals surface area (Å²) in [7, 11) is 0. The van der Waals surface area contributed by atoms with E-state index >= 15 is 0 Å². The first kappa shape index (κ1) is 11.9. The fraction of sp³-hybridized carbons (Fsp3) is 0. The van der Waals surface area contributed by atoms with Gasteiger partial charge in [-0.25, -0.2) is 4.39 Å². The number of nitrogens with zero attached hydrogens (tertiary/aromatic N) is 2. The highest BCUT2D eigenvalue weighted by Gasteiger charge is 2.07. The van der Waals surface area contributed by atoms with E-state index in [1.54, 1.807) is 12.1 Å². The van der Waals surface area contributed by atoms with Gasteiger partial charge in [-0.15, -0.1) is 10.2 Å². The van der Waals surface area contributed by atoms with Gasteiger partial charge in [-0.05, 0) is 24.3 Å². The molecule has 0 aliphatic rings. The standard InChI is InChI=1S/C14H9ClFN3/c15-13-11-3-1-2-4-12(11)14(19-18-13)17-10-7-5-9(16)6-8-10/h1-8H,(H,17,19). The van der Waals surface area contributed by atoms with Crippen LogP contribution in [0.2, 0.25) is 5.15 Å². The number of anilines is 2. The third-order valence-electron chi connectivity index (χ3n) is 2.75. The summed E-state index contributed by atoms with van der Waals surface area (Å²) in [5.74, 6) is 0.309. The molecule has 0 aliphatic heterocycles. The minimum absolute atomic E-state index is 0.280. The van der Waals surface area contributed by atoms with E-state index in [1.165, 1.54) is 12.1 Å². The summed E-state index contributed by atoms with van der Waals surface area (Å²) in [6.07, 6.45) is 0. The molecule has 0 amide bonds. The monoisotopic (exact) mass is 273 g/mol. The van der Waals surface area contributed by atoms with E-state index in [1.807, 2.05) is 24.3 Å². The van der Waals surface area contributed by atoms with Gasteiger partial charge < -0.3 is 5.32 Å². The molecule has 94 valence electrons. The van der Waals surface area contributed by atoms with Crippen LogP contribution in [0.25, 0.3) is 10.8 Å². The maximum absolute atomic E-state index is 12.9. The lowest BCUT2D eigenvalue weighted by Crippen LogP contribution is -1.97. The van der Waals surface area contributed by atoms with Gasteiger partial charge in [-0.1, -0.05) is 35.9 Å². The van der Waals surface area contributed by atoms with Gasteiger partial charge in [0.05, 0.1) is 0 Å². The molecular formula is C14H9ClFN3. The van der Waals surface area contributed by atoms with E-state index in [4.69, 9.17) is 11.6 Å². The van der Waals surface area contributed by atoms with Crippen molar-refractivity contribution in [3.8, 4) is 0 Å². The first-order valence-corrected chi connectivity index (χ1v) is 6.05. The zero-order valence-electron chi connectivity index (χ0n) is 9.77. The maximum Gasteiger partial charge on any atom is 0.161 e. The molecule has 19 heavy (non-hydrogen) atoms. The van der Waals surface area contributed by atoms with Crippen molar-refractivity contribution >= 4 is 33.9 Å². The molecule has 0 saturated heterocycles. The fourth-order valence-electron chi connectivity index (χ4n) is 1.83. The fourth-order valence-corrected chi connectivity index (χ4v) is 2.04. The van der Waals surface area contributed by atoms with Crippen LogP contribution in [0.15, 0.2) is 48.5 Å². The molecule has 0 unspecified atom stereocenters. The third-order valence-corrected chi connectivity index (χ3v) is 3.03. The Morgan fingerprint density at radius 2 is 1.58 bits per heavy atom. The van der Waals surface area contributed by atoms with Crippen molar-refractivity contribution in [1.29, 1.82) is 0 Å². The first-order valence-electron chi connectivity index (χ1n) is 5.67. The SMILES string of the molecule is Fc1ccc(Nc2nnc(Cl)c3ccccc23)cc1. The summed E-state index contributed by atoms with van der Waals surface area (Å²) >= 11 is 6.00. The highest BCUT2D eigenvalue weighted by Crippen LogP contribution is 2.27. The van der Waals surface area contributed by atoms with Crippen LogP contribution in [0.5, 0.6) is 0 Å². The molecule has 2 aromatic carbocycles. The Labute approximate surface area is 114 Å². The van der Waals surface area contributed by atoms with Gasteiger partial charge >= 0.3 is 0 Å². The Hall–Kier alpha value is -2.20. The number of fused-ring (bicyclic) bond motifs is 1. The highest BCUT2D eigenvalue weighted by molar-refractivity contribution is 6.34. The Bertz CT molecular complexity index is 728. The van der Waals surface area contributed by atoms with Crippen molar-refractivity contribution in [1.82, 2.24) is 10.2 Å². The molecular weight excluding hydrogens is 265 g/mol. The molecule has 0 spiro atoms. The molecule has 0 atom stereocenters. The molecule has 0 aliphatic carbocycles. The van der Waals surface area contributed by atoms with Crippen LogP contribution >= 0.6 is 11.6 Å². The average Bonchev–Trinajstić information content (AvgIpc) is 2.45. The Morgan fingerprint density at radius 1 is 0.895 bits per heavy atom. The molecule has 0 saturated carbocycles. The number of halogens is 2. The number of aromatic nitrogens is 2. The lowest BCUT2D eigenvalue weighted by molar-refractivity contribution is 0.628. The normalized spacial score (nSPS) is 10.6. The first-order chi connectivity index (χ1) is 9.24. The summed E-state index contributed by atoms with van der Waals surface area (Å²) in [5, 5.41) is 13.1. The van der Waals surface area contributed by atoms with Gasteiger partial charge in [-0.3, -0.25) is 0 Å². The van der Waals surface area contributed by atoms with Gasteiger partial charge in [0.15, 0.2) is 11.0 Å². The highest BCUT2D eigenvalue weighted by atomic mass is 35.5. The quantitative estimate of drug-likeness (QED) is 0.762. The van der Waals surface area contributed by atoms with Crippen molar-refractivity contribution in [2.75, 3.05) is 5.32 Å². The van der Waals surface area contributed by atoms with Crippen molar-refractivity contribution < 1.29 is 4.39 Å². The van der Waals surface area contributed by atoms with E-state index in [0.717, 1.165) is 16.5 Å². The molecule has 0 radical (unpaired) electrons. The minimum Gasteiger partial charge on any atom is -0.338 e. The van der Waals surface area contributed by atoms with E-state index in [0.29, 0.717) is 11.0 Å². The van der Waals surface area contributed by atoms with Crippen LogP contribution in [0.4, 0.5) is 15.9 Å². The number of hydrogen-bond donors (Lipinski definition) is 1. The second kappa shape index (κ2) is 4.82. The van der Waals surface area contributed by atoms with Crippen LogP contribution < -0.4 is 5.32 Å². The number of hydrogen-bond acceptors (Lipinski definition) is 3. The lowest BCUT2D eigenvalue weighted by atomic mass is 10.2. The van der Waals surface area contributed by atoms with Crippen molar-refractivity contribution in [2.24, 2.45) is 0 Å². The maximum atomic E-state index is 12.9. The molecule has 3 rings (SSSR count). The van der Waals surface area contributed by atoms with Crippen molar-refractivity contribution in [3.63, 3.8) is 0 Å². The smallest absolute Gasteiger partial charge is 0.161 e. The largest absolute Gasteiger partial charge is 0.338 e. The Balaban J connectivity index is 2.06. The zero-order chi connectivity index (χ0) is 13.2. The summed E-state index contributed by atoms with van der Waals surface area (Å²) in [4.78, 5) is 0. The van der Waals surface area contributed by atoms with Crippen LogP contribution in [-0.2, 0) is 0 Å². The van der Waals surface area contributed by atoms with Gasteiger partial charge in [0.1, 0.15) is 5.82 Å². The van der Waals surface area contributed by atoms with Gasteiger partial charge in [0.25, 0.3) is 0 Å². The van der Waals surface area contributed by atoms with E-state index in [-0.39, 0.29) is 5.82 Å². The Kier molecular flexibility index (Phi) is 3.01. The van der Waals surface area contributed by atoms with E-state index < -0.39 is 0 Å². The predicted octanol–water partition coefficient (Wildman–Crippen LogP) is 4.17. The van der Waals surface area contributed by atoms with Crippen molar-refractivity contribution in [3.05, 3.63) is 59.5 Å². The van der Waals surface area contributed by atoms with Gasteiger partial charge in [0.2, 0.25) is 0 Å². The van der Waals surface area contributed by atoms with Crippen LogP contribution in [-0.4, -0.2) is 10.2 Å². The molecule has 1 aromatic heterocycles. The Morgan fingerprint density at radius 3 is 2.32 bits per heavy atom. The molecule has 0 bridgehead atoms. The summed E-state index contributed by atoms with van der Waals surface area (Å²) in [6.45, 7) is 0. The van der Waals surface area contributed by atoms with Crippen LogP contribution in [0.1, 0.15) is 0 Å². The number of benzene rings is 2. The van der Waals surface area contributed by atoms with Crippen LogP contribution in [0, 0.1) is 5.82 Å². The molecule has 0 fully saturated rings. The average molecular weight is 274 g/mol. The minimum atomic E-state index is -0.280. The molecule has 1 N–H and O–H groups in total. The van der Waals surface area contributed by atoms with E-state index in [2.05, 4.69) is 15.5 Å². The molecule has 3 aromatic rings. The van der Waals surface area contributed by atoms with E-state index in [9.17, 15) is 4.39 Å². The zero-order valence-corrected chi connectivity index (χ0v) is 10.5. The molecule has 1 heterocycles. The van der Waals surface area contributed by atoms with Crippen LogP contribution in [0.3, 0.4) is 0 Å². The second-order valence-electron chi connectivity index (χ2n) is 4.02. The molecule has 5 heteroatoms. The lowest BCUT2D eigenvalue weighted by Gasteiger charge is -2.08. The number of rotatable bonds is 2. The number of nitrogens with one attached hydrogen (secondary N) is 1. The third kappa shape index (κ3) is 2.35. The topological polar surface area (TPSA) is 37.8 Å².